The molecular weight excluding hydrogens is 376 g/mol. The van der Waals surface area contributed by atoms with Gasteiger partial charge in [-0.15, -0.1) is 0 Å². The molecule has 10 nitrogen and oxygen atoms in total. The number of nitro groups is 1. The first-order chi connectivity index (χ1) is 13.9. The molecule has 0 saturated heterocycles. The smallest absolute Gasteiger partial charge is 0.333 e. The Hall–Kier alpha value is -4.21. The molecule has 0 aliphatic carbocycles. The molecule has 148 valence electrons. The Morgan fingerprint density at radius 2 is 1.90 bits per heavy atom. The Kier molecular flexibility index (Phi) is 5.54. The van der Waals surface area contributed by atoms with Crippen LogP contribution < -0.4 is 10.3 Å². The fourth-order valence-corrected chi connectivity index (χ4v) is 2.62. The van der Waals surface area contributed by atoms with Gasteiger partial charge in [0.1, 0.15) is 17.2 Å². The van der Waals surface area contributed by atoms with Gasteiger partial charge in [0.05, 0.1) is 11.1 Å². The van der Waals surface area contributed by atoms with E-state index in [0.29, 0.717) is 5.56 Å². The van der Waals surface area contributed by atoms with Gasteiger partial charge in [-0.25, -0.2) is 10.4 Å². The molecule has 0 spiro atoms. The van der Waals surface area contributed by atoms with Gasteiger partial charge in [-0.05, 0) is 31.2 Å². The molecule has 0 unspecified atom stereocenters. The number of phenolic OH excluding ortho intramolecular Hbond substituents is 2. The third-order valence-corrected chi connectivity index (χ3v) is 4.07. The summed E-state index contributed by atoms with van der Waals surface area (Å²) in [6.45, 7) is 1.52. The summed E-state index contributed by atoms with van der Waals surface area (Å²) < 4.78 is 0. The molecule has 0 bridgehead atoms. The highest BCUT2D eigenvalue weighted by Gasteiger charge is 2.25. The summed E-state index contributed by atoms with van der Waals surface area (Å²) in [6, 6.07) is 13.2. The van der Waals surface area contributed by atoms with E-state index in [1.54, 1.807) is 24.1 Å². The number of phenols is 2. The Labute approximate surface area is 165 Å². The average Bonchev–Trinajstić information content (AvgIpc) is 2.69. The quantitative estimate of drug-likeness (QED) is 0.329. The van der Waals surface area contributed by atoms with Crippen LogP contribution in [0.15, 0.2) is 53.6 Å². The summed E-state index contributed by atoms with van der Waals surface area (Å²) in [4.78, 5) is 21.0. The van der Waals surface area contributed by atoms with Crippen LogP contribution in [0.2, 0.25) is 0 Å². The van der Waals surface area contributed by atoms with Crippen molar-refractivity contribution in [2.75, 3.05) is 17.4 Å². The molecular formula is C19H18N6O4. The van der Waals surface area contributed by atoms with E-state index in [1.807, 2.05) is 18.2 Å². The number of rotatable bonds is 6. The minimum Gasteiger partial charge on any atom is -0.508 e. The number of anilines is 3. The van der Waals surface area contributed by atoms with E-state index >= 15 is 0 Å². The number of aryl methyl sites for hydroxylation is 1. The number of benzene rings is 2. The molecule has 0 atom stereocenters. The predicted molar refractivity (Wildman–Crippen MR) is 109 cm³/mol. The largest absolute Gasteiger partial charge is 0.508 e. The minimum absolute atomic E-state index is 0.0559. The molecule has 3 N–H and O–H groups in total. The highest BCUT2D eigenvalue weighted by atomic mass is 16.6. The summed E-state index contributed by atoms with van der Waals surface area (Å²) in [5.74, 6) is -0.0596. The summed E-state index contributed by atoms with van der Waals surface area (Å²) >= 11 is 0. The second-order valence-electron chi connectivity index (χ2n) is 6.07. The molecule has 0 amide bonds. The van der Waals surface area contributed by atoms with E-state index in [4.69, 9.17) is 0 Å². The third kappa shape index (κ3) is 4.38. The molecule has 1 aromatic heterocycles. The summed E-state index contributed by atoms with van der Waals surface area (Å²) in [7, 11) is 1.67. The van der Waals surface area contributed by atoms with Crippen molar-refractivity contribution in [1.29, 1.82) is 0 Å². The van der Waals surface area contributed by atoms with Crippen LogP contribution in [0.5, 0.6) is 11.5 Å². The molecule has 0 aliphatic heterocycles. The molecule has 0 saturated carbocycles. The number of hydrogen-bond acceptors (Lipinski definition) is 9. The topological polar surface area (TPSA) is 137 Å². The standard InChI is InChI=1S/C19H18N6O4/c1-12-17(25(28)29)18(24(2)14-6-4-3-5-7-14)22-19(21-12)23-20-11-13-8-9-15(26)10-16(13)27/h3-11,26-27H,1-2H3,(H,21,22,23). The lowest BCUT2D eigenvalue weighted by atomic mass is 10.2. The lowest BCUT2D eigenvalue weighted by Crippen LogP contribution is -2.16. The van der Waals surface area contributed by atoms with Crippen LogP contribution in [0, 0.1) is 17.0 Å². The van der Waals surface area contributed by atoms with Crippen LogP contribution in [-0.4, -0.2) is 38.4 Å². The third-order valence-electron chi connectivity index (χ3n) is 4.07. The van der Waals surface area contributed by atoms with Crippen LogP contribution >= 0.6 is 0 Å². The highest BCUT2D eigenvalue weighted by molar-refractivity contribution is 5.84. The van der Waals surface area contributed by atoms with Crippen LogP contribution in [0.25, 0.3) is 0 Å². The van der Waals surface area contributed by atoms with Crippen molar-refractivity contribution in [2.24, 2.45) is 5.10 Å². The molecule has 0 aliphatic rings. The fraction of sp³-hybridized carbons (Fsp3) is 0.105. The Morgan fingerprint density at radius 3 is 2.55 bits per heavy atom. The molecule has 3 rings (SSSR count). The van der Waals surface area contributed by atoms with Crippen molar-refractivity contribution < 1.29 is 15.1 Å². The first-order valence-corrected chi connectivity index (χ1v) is 8.49. The maximum atomic E-state index is 11.6. The highest BCUT2D eigenvalue weighted by Crippen LogP contribution is 2.33. The maximum Gasteiger partial charge on any atom is 0.333 e. The molecule has 29 heavy (non-hydrogen) atoms. The van der Waals surface area contributed by atoms with Gasteiger partial charge >= 0.3 is 5.69 Å². The van der Waals surface area contributed by atoms with Crippen LogP contribution in [-0.2, 0) is 0 Å². The number of aromatic hydroxyl groups is 2. The number of hydrogen-bond donors (Lipinski definition) is 3. The second kappa shape index (κ2) is 8.21. The lowest BCUT2D eigenvalue weighted by molar-refractivity contribution is -0.385. The molecule has 2 aromatic carbocycles. The van der Waals surface area contributed by atoms with E-state index in [1.165, 1.54) is 31.3 Å². The van der Waals surface area contributed by atoms with E-state index in [9.17, 15) is 20.3 Å². The normalized spacial score (nSPS) is 10.8. The number of nitrogens with zero attached hydrogens (tertiary/aromatic N) is 5. The molecule has 0 radical (unpaired) electrons. The molecule has 10 heteroatoms. The summed E-state index contributed by atoms with van der Waals surface area (Å²) in [5.41, 5.74) is 3.66. The molecule has 0 fully saturated rings. The zero-order chi connectivity index (χ0) is 21.0. The summed E-state index contributed by atoms with van der Waals surface area (Å²) in [5, 5.41) is 34.6. The number of hydrazone groups is 1. The predicted octanol–water partition coefficient (Wildman–Crippen LogP) is 3.32. The lowest BCUT2D eigenvalue weighted by Gasteiger charge is -2.19. The number of aromatic nitrogens is 2. The maximum absolute atomic E-state index is 11.6. The first kappa shape index (κ1) is 19.5. The van der Waals surface area contributed by atoms with Gasteiger partial charge in [0, 0.05) is 24.4 Å². The molecule has 1 heterocycles. The fourth-order valence-electron chi connectivity index (χ4n) is 2.62. The monoisotopic (exact) mass is 394 g/mol. The first-order valence-electron chi connectivity index (χ1n) is 8.49. The number of para-hydroxylation sites is 1. The Morgan fingerprint density at radius 1 is 1.17 bits per heavy atom. The average molecular weight is 394 g/mol. The van der Waals surface area contributed by atoms with Gasteiger partial charge in [0.2, 0.25) is 11.8 Å². The Bertz CT molecular complexity index is 1070. The molecule has 3 aromatic rings. The van der Waals surface area contributed by atoms with Crippen molar-refractivity contribution >= 4 is 29.4 Å². The van der Waals surface area contributed by atoms with Crippen LogP contribution in [0.1, 0.15) is 11.3 Å². The SMILES string of the molecule is Cc1nc(NN=Cc2ccc(O)cc2O)nc(N(C)c2ccccc2)c1[N+](=O)[O-]. The summed E-state index contributed by atoms with van der Waals surface area (Å²) in [6.07, 6.45) is 1.31. The van der Waals surface area contributed by atoms with E-state index in [-0.39, 0.29) is 34.6 Å². The number of nitrogens with one attached hydrogen (secondary N) is 1. The van der Waals surface area contributed by atoms with Gasteiger partial charge in [-0.3, -0.25) is 10.1 Å². The van der Waals surface area contributed by atoms with Crippen molar-refractivity contribution in [3.8, 4) is 11.5 Å². The van der Waals surface area contributed by atoms with Gasteiger partial charge in [-0.2, -0.15) is 10.1 Å². The second-order valence-corrected chi connectivity index (χ2v) is 6.07. The Balaban J connectivity index is 1.93. The van der Waals surface area contributed by atoms with Gasteiger partial charge in [0.25, 0.3) is 0 Å². The van der Waals surface area contributed by atoms with E-state index in [2.05, 4.69) is 20.5 Å². The zero-order valence-corrected chi connectivity index (χ0v) is 15.6. The van der Waals surface area contributed by atoms with E-state index < -0.39 is 4.92 Å². The van der Waals surface area contributed by atoms with Crippen LogP contribution in [0.4, 0.5) is 23.1 Å². The van der Waals surface area contributed by atoms with Crippen molar-refractivity contribution in [2.45, 2.75) is 6.92 Å². The van der Waals surface area contributed by atoms with Gasteiger partial charge < -0.3 is 15.1 Å². The van der Waals surface area contributed by atoms with E-state index in [0.717, 1.165) is 5.69 Å². The van der Waals surface area contributed by atoms with Gasteiger partial charge in [-0.1, -0.05) is 18.2 Å². The van der Waals surface area contributed by atoms with Crippen LogP contribution in [0.3, 0.4) is 0 Å². The van der Waals surface area contributed by atoms with Crippen molar-refractivity contribution in [3.63, 3.8) is 0 Å². The zero-order valence-electron chi connectivity index (χ0n) is 15.6. The van der Waals surface area contributed by atoms with Crippen molar-refractivity contribution in [1.82, 2.24) is 9.97 Å². The van der Waals surface area contributed by atoms with Gasteiger partial charge in [0.15, 0.2) is 0 Å². The van der Waals surface area contributed by atoms with Crippen molar-refractivity contribution in [3.05, 3.63) is 69.9 Å². The minimum atomic E-state index is -0.522.